The van der Waals surface area contributed by atoms with E-state index in [1.807, 2.05) is 0 Å². The number of aliphatic imine (C=N–C) groups is 1. The van der Waals surface area contributed by atoms with Crippen molar-refractivity contribution >= 4 is 17.2 Å². The van der Waals surface area contributed by atoms with Gasteiger partial charge in [0.05, 0.1) is 6.04 Å². The molecule has 0 saturated heterocycles. The lowest BCUT2D eigenvalue weighted by Gasteiger charge is -2.12. The maximum Gasteiger partial charge on any atom is 0.116 e. The quantitative estimate of drug-likeness (QED) is 0.285. The number of nitrogens with zero attached hydrogens (tertiary/aromatic N) is 1. The van der Waals surface area contributed by atoms with Crippen molar-refractivity contribution in [1.29, 1.82) is 0 Å². The molecule has 17 heavy (non-hydrogen) atoms. The summed E-state index contributed by atoms with van der Waals surface area (Å²) in [6.07, 6.45) is 8.62. The largest absolute Gasteiger partial charge is 0.312 e. The highest BCUT2D eigenvalue weighted by molar-refractivity contribution is 7.10. The standard InChI is InChI=1S/C13H21N3S/c14-16-13(10-12-8-5-9-17-12)15-11-6-3-1-2-4-7-11/h5,8-9,11H,1-4,6-7,10,14H2,(H,15,16). The van der Waals surface area contributed by atoms with Crippen LogP contribution in [0.4, 0.5) is 0 Å². The van der Waals surface area contributed by atoms with Gasteiger partial charge in [0.25, 0.3) is 0 Å². The van der Waals surface area contributed by atoms with E-state index in [2.05, 4.69) is 22.9 Å². The molecule has 3 nitrogen and oxygen atoms in total. The minimum Gasteiger partial charge on any atom is -0.312 e. The van der Waals surface area contributed by atoms with Gasteiger partial charge in [-0.25, -0.2) is 5.84 Å². The van der Waals surface area contributed by atoms with Crippen molar-refractivity contribution in [3.8, 4) is 0 Å². The predicted octanol–water partition coefficient (Wildman–Crippen LogP) is 2.88. The van der Waals surface area contributed by atoms with Crippen LogP contribution in [-0.2, 0) is 6.42 Å². The van der Waals surface area contributed by atoms with Crippen molar-refractivity contribution in [2.45, 2.75) is 51.0 Å². The average Bonchev–Trinajstić information content (AvgIpc) is 2.71. The zero-order valence-corrected chi connectivity index (χ0v) is 11.0. The fraction of sp³-hybridized carbons (Fsp3) is 0.615. The first-order valence-corrected chi connectivity index (χ1v) is 7.32. The van der Waals surface area contributed by atoms with Crippen molar-refractivity contribution in [3.63, 3.8) is 0 Å². The zero-order chi connectivity index (χ0) is 11.9. The van der Waals surface area contributed by atoms with Crippen LogP contribution in [0.3, 0.4) is 0 Å². The van der Waals surface area contributed by atoms with Crippen molar-refractivity contribution in [2.24, 2.45) is 10.8 Å². The molecule has 0 radical (unpaired) electrons. The summed E-state index contributed by atoms with van der Waals surface area (Å²) in [7, 11) is 0. The molecule has 1 aromatic rings. The summed E-state index contributed by atoms with van der Waals surface area (Å²) < 4.78 is 0. The molecule has 2 rings (SSSR count). The van der Waals surface area contributed by atoms with E-state index in [4.69, 9.17) is 10.8 Å². The average molecular weight is 251 g/mol. The van der Waals surface area contributed by atoms with E-state index >= 15 is 0 Å². The van der Waals surface area contributed by atoms with Crippen molar-refractivity contribution in [2.75, 3.05) is 0 Å². The first-order chi connectivity index (χ1) is 8.38. The van der Waals surface area contributed by atoms with E-state index in [0.29, 0.717) is 6.04 Å². The van der Waals surface area contributed by atoms with Crippen LogP contribution in [0.25, 0.3) is 0 Å². The molecule has 0 bridgehead atoms. The van der Waals surface area contributed by atoms with Gasteiger partial charge in [-0.05, 0) is 24.3 Å². The Balaban J connectivity index is 1.95. The third-order valence-electron chi connectivity index (χ3n) is 3.25. The Morgan fingerprint density at radius 1 is 1.35 bits per heavy atom. The topological polar surface area (TPSA) is 50.4 Å². The molecule has 1 aliphatic carbocycles. The molecule has 4 heteroatoms. The van der Waals surface area contributed by atoms with Crippen LogP contribution in [0.5, 0.6) is 0 Å². The third-order valence-corrected chi connectivity index (χ3v) is 4.13. The molecule has 94 valence electrons. The molecule has 3 N–H and O–H groups in total. The summed E-state index contributed by atoms with van der Waals surface area (Å²) in [6, 6.07) is 4.67. The van der Waals surface area contributed by atoms with Gasteiger partial charge in [0, 0.05) is 11.3 Å². The Morgan fingerprint density at radius 2 is 2.12 bits per heavy atom. The summed E-state index contributed by atoms with van der Waals surface area (Å²) in [4.78, 5) is 6.09. The molecule has 0 aliphatic heterocycles. The molecular weight excluding hydrogens is 230 g/mol. The SMILES string of the molecule is NNC(Cc1cccs1)=NC1CCCCCC1. The van der Waals surface area contributed by atoms with Gasteiger partial charge in [-0.3, -0.25) is 4.99 Å². The molecule has 0 aromatic carbocycles. The lowest BCUT2D eigenvalue weighted by Crippen LogP contribution is -2.33. The van der Waals surface area contributed by atoms with Gasteiger partial charge >= 0.3 is 0 Å². The van der Waals surface area contributed by atoms with Crippen LogP contribution >= 0.6 is 11.3 Å². The fourth-order valence-electron chi connectivity index (χ4n) is 2.32. The summed E-state index contributed by atoms with van der Waals surface area (Å²) in [6.45, 7) is 0. The van der Waals surface area contributed by atoms with Gasteiger partial charge in [0.1, 0.15) is 5.84 Å². The second-order valence-electron chi connectivity index (χ2n) is 4.62. The first-order valence-electron chi connectivity index (χ1n) is 6.44. The molecular formula is C13H21N3S. The van der Waals surface area contributed by atoms with Gasteiger partial charge in [0.2, 0.25) is 0 Å². The van der Waals surface area contributed by atoms with E-state index in [1.54, 1.807) is 11.3 Å². The normalized spacial score (nSPS) is 19.0. The molecule has 1 heterocycles. The summed E-state index contributed by atoms with van der Waals surface area (Å²) in [5.74, 6) is 6.50. The maximum absolute atomic E-state index is 5.57. The minimum atomic E-state index is 0.475. The van der Waals surface area contributed by atoms with Crippen LogP contribution in [-0.4, -0.2) is 11.9 Å². The molecule has 1 saturated carbocycles. The van der Waals surface area contributed by atoms with E-state index in [9.17, 15) is 0 Å². The van der Waals surface area contributed by atoms with Crippen molar-refractivity contribution < 1.29 is 0 Å². The Kier molecular flexibility index (Phi) is 5.01. The Morgan fingerprint density at radius 3 is 2.71 bits per heavy atom. The lowest BCUT2D eigenvalue weighted by atomic mass is 10.1. The molecule has 0 spiro atoms. The molecule has 1 aliphatic rings. The lowest BCUT2D eigenvalue weighted by molar-refractivity contribution is 0.582. The number of nitrogens with two attached hydrogens (primary N) is 1. The van der Waals surface area contributed by atoms with Gasteiger partial charge in [-0.15, -0.1) is 11.3 Å². The van der Waals surface area contributed by atoms with Crippen LogP contribution in [0.15, 0.2) is 22.5 Å². The Hall–Kier alpha value is -0.870. The van der Waals surface area contributed by atoms with Gasteiger partial charge in [-0.2, -0.15) is 0 Å². The highest BCUT2D eigenvalue weighted by atomic mass is 32.1. The molecule has 0 amide bonds. The second-order valence-corrected chi connectivity index (χ2v) is 5.65. The van der Waals surface area contributed by atoms with Crippen LogP contribution in [0.1, 0.15) is 43.4 Å². The first kappa shape index (κ1) is 12.6. The smallest absolute Gasteiger partial charge is 0.116 e. The number of amidine groups is 1. The Bertz CT molecular complexity index is 338. The molecule has 0 atom stereocenters. The number of hydrogen-bond donors (Lipinski definition) is 2. The number of hydrogen-bond acceptors (Lipinski definition) is 3. The van der Waals surface area contributed by atoms with Crippen LogP contribution in [0, 0.1) is 0 Å². The highest BCUT2D eigenvalue weighted by Crippen LogP contribution is 2.20. The fourth-order valence-corrected chi connectivity index (χ4v) is 3.03. The second kappa shape index (κ2) is 6.77. The van der Waals surface area contributed by atoms with Gasteiger partial charge < -0.3 is 5.43 Å². The summed E-state index contributed by atoms with van der Waals surface area (Å²) >= 11 is 1.76. The number of nitrogens with one attached hydrogen (secondary N) is 1. The zero-order valence-electron chi connectivity index (χ0n) is 10.2. The van der Waals surface area contributed by atoms with Crippen molar-refractivity contribution in [3.05, 3.63) is 22.4 Å². The summed E-state index contributed by atoms with van der Waals surface area (Å²) in [5, 5.41) is 2.09. The monoisotopic (exact) mass is 251 g/mol. The molecule has 0 unspecified atom stereocenters. The third kappa shape index (κ3) is 4.13. The number of rotatable bonds is 3. The number of hydrazine groups is 1. The Labute approximate surface area is 107 Å². The van der Waals surface area contributed by atoms with E-state index in [-0.39, 0.29) is 0 Å². The summed E-state index contributed by atoms with van der Waals surface area (Å²) in [5.41, 5.74) is 2.76. The van der Waals surface area contributed by atoms with E-state index in [1.165, 1.54) is 43.4 Å². The maximum atomic E-state index is 5.57. The van der Waals surface area contributed by atoms with Crippen LogP contribution in [0.2, 0.25) is 0 Å². The van der Waals surface area contributed by atoms with E-state index in [0.717, 1.165) is 12.3 Å². The van der Waals surface area contributed by atoms with Gasteiger partial charge in [-0.1, -0.05) is 31.7 Å². The molecule has 1 aromatic heterocycles. The van der Waals surface area contributed by atoms with Crippen molar-refractivity contribution in [1.82, 2.24) is 5.43 Å². The number of thiophene rings is 1. The van der Waals surface area contributed by atoms with Gasteiger partial charge in [0.15, 0.2) is 0 Å². The minimum absolute atomic E-state index is 0.475. The van der Waals surface area contributed by atoms with E-state index < -0.39 is 0 Å². The van der Waals surface area contributed by atoms with Crippen LogP contribution < -0.4 is 11.3 Å². The predicted molar refractivity (Wildman–Crippen MR) is 74.3 cm³/mol. The molecule has 1 fully saturated rings. The highest BCUT2D eigenvalue weighted by Gasteiger charge is 2.12.